The predicted octanol–water partition coefficient (Wildman–Crippen LogP) is 4.87. The Balaban J connectivity index is 1.91. The third kappa shape index (κ3) is 3.63. The fourth-order valence-corrected chi connectivity index (χ4v) is 3.68. The van der Waals surface area contributed by atoms with Crippen LogP contribution in [0, 0.1) is 12.7 Å². The molecule has 4 rings (SSSR count). The van der Waals surface area contributed by atoms with Gasteiger partial charge in [-0.2, -0.15) is 0 Å². The molecule has 7 heteroatoms. The highest BCUT2D eigenvalue weighted by Crippen LogP contribution is 2.42. The number of anilines is 1. The third-order valence-electron chi connectivity index (χ3n) is 5.34. The minimum absolute atomic E-state index is 0.0884. The number of hydrogen-bond acceptors (Lipinski definition) is 5. The number of Topliss-reactive ketones (excluding diaryl/α,β-unsaturated/α-hetero) is 1. The van der Waals surface area contributed by atoms with E-state index >= 15 is 0 Å². The Hall–Kier alpha value is -3.74. The van der Waals surface area contributed by atoms with Crippen molar-refractivity contribution in [3.05, 3.63) is 88.4 Å². The molecule has 0 aliphatic carbocycles. The van der Waals surface area contributed by atoms with E-state index in [1.165, 1.54) is 29.2 Å². The quantitative estimate of drug-likeness (QED) is 0.370. The number of aromatic nitrogens is 1. The lowest BCUT2D eigenvalue weighted by Crippen LogP contribution is -2.29. The zero-order valence-corrected chi connectivity index (χ0v) is 17.3. The first kappa shape index (κ1) is 20.5. The summed E-state index contributed by atoms with van der Waals surface area (Å²) in [5.41, 5.74) is 1.87. The highest BCUT2D eigenvalue weighted by molar-refractivity contribution is 6.51. The first-order chi connectivity index (χ1) is 14.8. The van der Waals surface area contributed by atoms with Gasteiger partial charge >= 0.3 is 5.91 Å². The van der Waals surface area contributed by atoms with Crippen LogP contribution in [-0.2, 0) is 9.59 Å². The summed E-state index contributed by atoms with van der Waals surface area (Å²) in [6.45, 7) is 5.81. The molecular weight excluding hydrogens is 399 g/mol. The van der Waals surface area contributed by atoms with Crippen LogP contribution in [0.5, 0.6) is 0 Å². The van der Waals surface area contributed by atoms with E-state index < -0.39 is 23.5 Å². The topological polar surface area (TPSA) is 83.6 Å². The number of aliphatic hydroxyl groups is 1. The number of halogens is 1. The number of hydrogen-bond donors (Lipinski definition) is 1. The van der Waals surface area contributed by atoms with Crippen LogP contribution in [-0.4, -0.2) is 22.0 Å². The van der Waals surface area contributed by atoms with Gasteiger partial charge in [0.05, 0.1) is 11.6 Å². The van der Waals surface area contributed by atoms with E-state index in [2.05, 4.69) is 19.0 Å². The molecule has 2 heterocycles. The molecule has 1 aromatic heterocycles. The van der Waals surface area contributed by atoms with Crippen molar-refractivity contribution < 1.29 is 23.6 Å². The molecule has 0 saturated carbocycles. The van der Waals surface area contributed by atoms with E-state index in [0.717, 1.165) is 5.56 Å². The Labute approximate surface area is 178 Å². The normalized spacial score (nSPS) is 18.2. The Morgan fingerprint density at radius 1 is 1.10 bits per heavy atom. The summed E-state index contributed by atoms with van der Waals surface area (Å²) in [6.07, 6.45) is 0. The van der Waals surface area contributed by atoms with Gasteiger partial charge in [-0.15, -0.1) is 0 Å². The summed E-state index contributed by atoms with van der Waals surface area (Å²) in [6, 6.07) is 13.2. The van der Waals surface area contributed by atoms with Crippen LogP contribution in [0.15, 0.2) is 64.7 Å². The summed E-state index contributed by atoms with van der Waals surface area (Å²) in [7, 11) is 0. The van der Waals surface area contributed by atoms with Crippen molar-refractivity contribution in [3.8, 4) is 0 Å². The number of nitrogens with zero attached hydrogens (tertiary/aromatic N) is 2. The molecule has 158 valence electrons. The van der Waals surface area contributed by atoms with Crippen LogP contribution in [0.25, 0.3) is 5.76 Å². The van der Waals surface area contributed by atoms with E-state index in [-0.39, 0.29) is 22.7 Å². The number of amides is 1. The monoisotopic (exact) mass is 420 g/mol. The maximum atomic E-state index is 13.4. The van der Waals surface area contributed by atoms with Crippen molar-refractivity contribution in [2.24, 2.45) is 0 Å². The zero-order valence-electron chi connectivity index (χ0n) is 17.3. The fourth-order valence-electron chi connectivity index (χ4n) is 3.68. The number of aryl methyl sites for hydroxylation is 1. The molecule has 3 aromatic rings. The second-order valence-electron chi connectivity index (χ2n) is 7.79. The molecule has 1 aliphatic rings. The number of aliphatic hydroxyl groups excluding tert-OH is 1. The van der Waals surface area contributed by atoms with Crippen LogP contribution >= 0.6 is 0 Å². The molecule has 1 N–H and O–H groups in total. The maximum Gasteiger partial charge on any atom is 0.301 e. The maximum absolute atomic E-state index is 13.4. The zero-order chi connectivity index (χ0) is 22.3. The van der Waals surface area contributed by atoms with Crippen molar-refractivity contribution in [3.63, 3.8) is 0 Å². The Kier molecular flexibility index (Phi) is 5.19. The number of rotatable bonds is 4. The summed E-state index contributed by atoms with van der Waals surface area (Å²) < 4.78 is 18.5. The van der Waals surface area contributed by atoms with Gasteiger partial charge in [0.2, 0.25) is 0 Å². The Morgan fingerprint density at radius 3 is 2.29 bits per heavy atom. The van der Waals surface area contributed by atoms with Gasteiger partial charge in [0, 0.05) is 11.6 Å². The molecule has 1 atom stereocenters. The van der Waals surface area contributed by atoms with Gasteiger partial charge in [-0.3, -0.25) is 14.5 Å². The molecule has 1 amide bonds. The number of ketones is 1. The molecule has 0 spiro atoms. The molecule has 0 unspecified atom stereocenters. The number of benzene rings is 2. The van der Waals surface area contributed by atoms with Gasteiger partial charge in [0.25, 0.3) is 5.78 Å². The Bertz CT molecular complexity index is 1180. The molecule has 1 aliphatic heterocycles. The molecular formula is C24H21FN2O4. The van der Waals surface area contributed by atoms with Crippen molar-refractivity contribution in [1.29, 1.82) is 0 Å². The lowest BCUT2D eigenvalue weighted by molar-refractivity contribution is -0.132. The van der Waals surface area contributed by atoms with Gasteiger partial charge in [-0.1, -0.05) is 43.3 Å². The van der Waals surface area contributed by atoms with Crippen molar-refractivity contribution in [1.82, 2.24) is 5.16 Å². The van der Waals surface area contributed by atoms with Gasteiger partial charge in [0.15, 0.2) is 5.82 Å². The Morgan fingerprint density at radius 2 is 1.74 bits per heavy atom. The van der Waals surface area contributed by atoms with E-state index in [1.807, 2.05) is 24.3 Å². The van der Waals surface area contributed by atoms with Crippen LogP contribution < -0.4 is 4.90 Å². The van der Waals surface area contributed by atoms with Crippen LogP contribution in [0.4, 0.5) is 10.2 Å². The smallest absolute Gasteiger partial charge is 0.301 e. The minimum Gasteiger partial charge on any atom is -0.507 e. The standard InChI is InChI=1S/C24H21FN2O4/c1-13(2)15-4-6-16(7-5-15)21-20(22(28)17-8-10-18(25)11-9-17)23(29)24(30)27(21)19-12-14(3)31-26-19/h4-13,21,28H,1-3H3/b22-20+/t21-/m1/s1. The molecule has 1 saturated heterocycles. The largest absolute Gasteiger partial charge is 0.507 e. The average Bonchev–Trinajstić information content (AvgIpc) is 3.29. The predicted molar refractivity (Wildman–Crippen MR) is 113 cm³/mol. The third-order valence-corrected chi connectivity index (χ3v) is 5.34. The molecule has 6 nitrogen and oxygen atoms in total. The van der Waals surface area contributed by atoms with Crippen molar-refractivity contribution in [2.75, 3.05) is 4.90 Å². The summed E-state index contributed by atoms with van der Waals surface area (Å²) in [5, 5.41) is 14.9. The van der Waals surface area contributed by atoms with E-state index in [4.69, 9.17) is 4.52 Å². The summed E-state index contributed by atoms with van der Waals surface area (Å²) in [4.78, 5) is 27.2. The average molecular weight is 420 g/mol. The number of carbonyl (C=O) groups is 2. The SMILES string of the molecule is Cc1cc(N2C(=O)C(=O)/C(=C(/O)c3ccc(F)cc3)[C@H]2c2ccc(C(C)C)cc2)no1. The highest BCUT2D eigenvalue weighted by atomic mass is 19.1. The van der Waals surface area contributed by atoms with E-state index in [1.54, 1.807) is 13.0 Å². The summed E-state index contributed by atoms with van der Waals surface area (Å²) in [5.74, 6) is -1.57. The lowest BCUT2D eigenvalue weighted by Gasteiger charge is -2.23. The lowest BCUT2D eigenvalue weighted by atomic mass is 9.93. The van der Waals surface area contributed by atoms with Crippen LogP contribution in [0.3, 0.4) is 0 Å². The summed E-state index contributed by atoms with van der Waals surface area (Å²) >= 11 is 0. The molecule has 1 fully saturated rings. The highest BCUT2D eigenvalue weighted by Gasteiger charge is 2.48. The van der Waals surface area contributed by atoms with Crippen LogP contribution in [0.1, 0.15) is 48.3 Å². The fraction of sp³-hybridized carbons (Fsp3) is 0.208. The first-order valence-corrected chi connectivity index (χ1v) is 9.88. The molecule has 0 bridgehead atoms. The second-order valence-corrected chi connectivity index (χ2v) is 7.79. The second kappa shape index (κ2) is 7.83. The van der Waals surface area contributed by atoms with Gasteiger partial charge in [0.1, 0.15) is 17.3 Å². The number of carbonyl (C=O) groups excluding carboxylic acids is 2. The van der Waals surface area contributed by atoms with Gasteiger partial charge in [-0.05, 0) is 48.2 Å². The van der Waals surface area contributed by atoms with Gasteiger partial charge < -0.3 is 9.63 Å². The van der Waals surface area contributed by atoms with E-state index in [9.17, 15) is 19.1 Å². The van der Waals surface area contributed by atoms with E-state index in [0.29, 0.717) is 17.2 Å². The molecule has 0 radical (unpaired) electrons. The van der Waals surface area contributed by atoms with Crippen LogP contribution in [0.2, 0.25) is 0 Å². The minimum atomic E-state index is -0.907. The first-order valence-electron chi connectivity index (χ1n) is 9.88. The van der Waals surface area contributed by atoms with Crippen molar-refractivity contribution in [2.45, 2.75) is 32.7 Å². The molecule has 2 aromatic carbocycles. The van der Waals surface area contributed by atoms with Crippen molar-refractivity contribution >= 4 is 23.3 Å². The van der Waals surface area contributed by atoms with Gasteiger partial charge in [-0.25, -0.2) is 4.39 Å². The molecule has 31 heavy (non-hydrogen) atoms.